The molecule has 2 heteroatoms. The van der Waals surface area contributed by atoms with Crippen LogP contribution in [0.5, 0.6) is 0 Å². The summed E-state index contributed by atoms with van der Waals surface area (Å²) in [7, 11) is 0. The number of halogens is 1. The largest absolute Gasteiger partial charge is 0.260 e. The summed E-state index contributed by atoms with van der Waals surface area (Å²) in [6, 6.07) is 5.03. The lowest BCUT2D eigenvalue weighted by Crippen LogP contribution is -2.07. The molecular formula is C16H20FN. The quantitative estimate of drug-likeness (QED) is 0.733. The van der Waals surface area contributed by atoms with Crippen LogP contribution in [0.2, 0.25) is 0 Å². The molecule has 0 unspecified atom stereocenters. The fourth-order valence-corrected chi connectivity index (χ4v) is 2.25. The molecule has 1 nitrogen and oxygen atoms in total. The van der Waals surface area contributed by atoms with Crippen molar-refractivity contribution in [1.82, 2.24) is 0 Å². The number of benzene rings is 1. The third-order valence-corrected chi connectivity index (χ3v) is 3.45. The number of nitrogens with zero attached hydrogens (tertiary/aromatic N) is 1. The van der Waals surface area contributed by atoms with Crippen LogP contribution >= 0.6 is 0 Å². The third-order valence-electron chi connectivity index (χ3n) is 3.45. The monoisotopic (exact) mass is 245 g/mol. The molecule has 2 rings (SSSR count). The van der Waals surface area contributed by atoms with Gasteiger partial charge in [0, 0.05) is 18.2 Å². The van der Waals surface area contributed by atoms with Gasteiger partial charge in [-0.2, -0.15) is 0 Å². The van der Waals surface area contributed by atoms with Gasteiger partial charge in [0.15, 0.2) is 0 Å². The molecule has 96 valence electrons. The molecule has 1 aliphatic rings. The topological polar surface area (TPSA) is 12.4 Å². The lowest BCUT2D eigenvalue weighted by Gasteiger charge is -2.14. The van der Waals surface area contributed by atoms with E-state index in [9.17, 15) is 4.39 Å². The van der Waals surface area contributed by atoms with Crippen molar-refractivity contribution in [3.05, 3.63) is 46.9 Å². The minimum Gasteiger partial charge on any atom is -0.260 e. The van der Waals surface area contributed by atoms with Crippen molar-refractivity contribution >= 4 is 5.71 Å². The van der Waals surface area contributed by atoms with Crippen molar-refractivity contribution < 1.29 is 4.39 Å². The van der Waals surface area contributed by atoms with Gasteiger partial charge in [0.05, 0.1) is 5.71 Å². The Labute approximate surface area is 108 Å². The van der Waals surface area contributed by atoms with Gasteiger partial charge in [0.2, 0.25) is 0 Å². The summed E-state index contributed by atoms with van der Waals surface area (Å²) in [6.07, 6.45) is 2.79. The molecule has 0 radical (unpaired) electrons. The van der Waals surface area contributed by atoms with Gasteiger partial charge in [-0.3, -0.25) is 4.99 Å². The van der Waals surface area contributed by atoms with Crippen LogP contribution in [-0.4, -0.2) is 5.71 Å². The Bertz CT molecular complexity index is 510. The average molecular weight is 245 g/mol. The maximum atomic E-state index is 13.4. The standard InChI is InChI=1S/C16H20FN/c1-10(2)12-7-16(18-9-12)15-8-13(17)5-6-14(15)11(3)4/h5-6,8-11H,7H2,1-4H3. The van der Waals surface area contributed by atoms with Crippen molar-refractivity contribution in [2.75, 3.05) is 0 Å². The molecule has 0 atom stereocenters. The Kier molecular flexibility index (Phi) is 3.65. The maximum absolute atomic E-state index is 13.4. The summed E-state index contributed by atoms with van der Waals surface area (Å²) >= 11 is 0. The minimum atomic E-state index is -0.185. The van der Waals surface area contributed by atoms with Gasteiger partial charge in [0.1, 0.15) is 5.82 Å². The van der Waals surface area contributed by atoms with Crippen molar-refractivity contribution in [2.24, 2.45) is 10.9 Å². The van der Waals surface area contributed by atoms with Crippen molar-refractivity contribution in [2.45, 2.75) is 40.0 Å². The first kappa shape index (κ1) is 13.0. The molecule has 0 N–H and O–H groups in total. The Morgan fingerprint density at radius 2 is 1.83 bits per heavy atom. The molecule has 0 saturated carbocycles. The first-order valence-electron chi connectivity index (χ1n) is 6.54. The Morgan fingerprint density at radius 1 is 1.11 bits per heavy atom. The molecule has 0 aliphatic carbocycles. The first-order chi connectivity index (χ1) is 8.49. The second-order valence-electron chi connectivity index (χ2n) is 5.50. The van der Waals surface area contributed by atoms with E-state index in [-0.39, 0.29) is 5.82 Å². The molecule has 1 aliphatic heterocycles. The van der Waals surface area contributed by atoms with E-state index in [1.807, 2.05) is 12.3 Å². The van der Waals surface area contributed by atoms with E-state index >= 15 is 0 Å². The Morgan fingerprint density at radius 3 is 2.39 bits per heavy atom. The summed E-state index contributed by atoms with van der Waals surface area (Å²) in [5.41, 5.74) is 4.47. The Balaban J connectivity index is 2.33. The summed E-state index contributed by atoms with van der Waals surface area (Å²) in [4.78, 5) is 4.48. The average Bonchev–Trinajstić information content (AvgIpc) is 2.77. The molecule has 18 heavy (non-hydrogen) atoms. The van der Waals surface area contributed by atoms with E-state index < -0.39 is 0 Å². The van der Waals surface area contributed by atoms with Crippen LogP contribution in [0.25, 0.3) is 0 Å². The smallest absolute Gasteiger partial charge is 0.123 e. The van der Waals surface area contributed by atoms with Gasteiger partial charge in [-0.05, 0) is 35.1 Å². The summed E-state index contributed by atoms with van der Waals surface area (Å²) in [6.45, 7) is 8.59. The normalized spacial score (nSPS) is 15.3. The van der Waals surface area contributed by atoms with E-state index in [4.69, 9.17) is 0 Å². The van der Waals surface area contributed by atoms with Gasteiger partial charge in [0.25, 0.3) is 0 Å². The van der Waals surface area contributed by atoms with E-state index in [0.29, 0.717) is 11.8 Å². The van der Waals surface area contributed by atoms with Crippen LogP contribution in [0.3, 0.4) is 0 Å². The summed E-state index contributed by atoms with van der Waals surface area (Å²) in [5.74, 6) is 0.698. The zero-order valence-corrected chi connectivity index (χ0v) is 11.5. The van der Waals surface area contributed by atoms with Gasteiger partial charge in [-0.15, -0.1) is 0 Å². The molecule has 0 fully saturated rings. The van der Waals surface area contributed by atoms with Crippen LogP contribution < -0.4 is 0 Å². The SMILES string of the molecule is CC(C)C1=CN=C(c2cc(F)ccc2C(C)C)C1. The van der Waals surface area contributed by atoms with Crippen LogP contribution in [0, 0.1) is 11.7 Å². The highest BCUT2D eigenvalue weighted by molar-refractivity contribution is 6.05. The van der Waals surface area contributed by atoms with E-state index in [1.54, 1.807) is 6.07 Å². The highest BCUT2D eigenvalue weighted by Crippen LogP contribution is 2.28. The lowest BCUT2D eigenvalue weighted by atomic mass is 9.91. The van der Waals surface area contributed by atoms with Crippen LogP contribution in [0.15, 0.2) is 35.0 Å². The minimum absolute atomic E-state index is 0.185. The summed E-state index contributed by atoms with van der Waals surface area (Å²) in [5, 5.41) is 0. The Hall–Kier alpha value is -1.44. The first-order valence-corrected chi connectivity index (χ1v) is 6.54. The number of hydrogen-bond donors (Lipinski definition) is 0. The molecule has 0 bridgehead atoms. The molecule has 1 heterocycles. The predicted molar refractivity (Wildman–Crippen MR) is 74.6 cm³/mol. The second kappa shape index (κ2) is 5.05. The summed E-state index contributed by atoms with van der Waals surface area (Å²) < 4.78 is 13.4. The van der Waals surface area contributed by atoms with Crippen LogP contribution in [-0.2, 0) is 0 Å². The number of rotatable bonds is 3. The molecule has 0 amide bonds. The fourth-order valence-electron chi connectivity index (χ4n) is 2.25. The molecule has 0 saturated heterocycles. The maximum Gasteiger partial charge on any atom is 0.123 e. The predicted octanol–water partition coefficient (Wildman–Crippen LogP) is 4.68. The van der Waals surface area contributed by atoms with E-state index in [2.05, 4.69) is 32.7 Å². The molecule has 0 aromatic heterocycles. The number of aliphatic imine (C=N–C) groups is 1. The van der Waals surface area contributed by atoms with Gasteiger partial charge in [-0.1, -0.05) is 33.8 Å². The highest BCUT2D eigenvalue weighted by atomic mass is 19.1. The van der Waals surface area contributed by atoms with E-state index in [0.717, 1.165) is 17.7 Å². The lowest BCUT2D eigenvalue weighted by molar-refractivity contribution is 0.625. The third kappa shape index (κ3) is 2.53. The van der Waals surface area contributed by atoms with Crippen LogP contribution in [0.4, 0.5) is 4.39 Å². The van der Waals surface area contributed by atoms with E-state index in [1.165, 1.54) is 17.2 Å². The molecule has 1 aromatic carbocycles. The second-order valence-corrected chi connectivity index (χ2v) is 5.50. The zero-order valence-electron chi connectivity index (χ0n) is 11.5. The number of hydrogen-bond acceptors (Lipinski definition) is 1. The van der Waals surface area contributed by atoms with Gasteiger partial charge >= 0.3 is 0 Å². The molecule has 1 aromatic rings. The van der Waals surface area contributed by atoms with Crippen molar-refractivity contribution in [1.29, 1.82) is 0 Å². The highest BCUT2D eigenvalue weighted by Gasteiger charge is 2.18. The van der Waals surface area contributed by atoms with Crippen molar-refractivity contribution in [3.63, 3.8) is 0 Å². The fraction of sp³-hybridized carbons (Fsp3) is 0.438. The van der Waals surface area contributed by atoms with Crippen molar-refractivity contribution in [3.8, 4) is 0 Å². The molecule has 0 spiro atoms. The van der Waals surface area contributed by atoms with Crippen LogP contribution in [0.1, 0.15) is 51.2 Å². The van der Waals surface area contributed by atoms with Gasteiger partial charge < -0.3 is 0 Å². The molecular weight excluding hydrogens is 225 g/mol. The number of allylic oxidation sites excluding steroid dienone is 1. The zero-order chi connectivity index (χ0) is 13.3. The van der Waals surface area contributed by atoms with Gasteiger partial charge in [-0.25, -0.2) is 4.39 Å².